The molecule has 0 aliphatic carbocycles. The highest BCUT2D eigenvalue weighted by molar-refractivity contribution is 6.00. The lowest BCUT2D eigenvalue weighted by Gasteiger charge is -2.24. The predicted molar refractivity (Wildman–Crippen MR) is 104 cm³/mol. The lowest BCUT2D eigenvalue weighted by molar-refractivity contribution is -0.125. The molecule has 1 unspecified atom stereocenters. The van der Waals surface area contributed by atoms with Gasteiger partial charge < -0.3 is 10.1 Å². The molecule has 1 aliphatic heterocycles. The Morgan fingerprint density at radius 1 is 0.926 bits per heavy atom. The molecule has 0 saturated heterocycles. The van der Waals surface area contributed by atoms with Crippen LogP contribution in [0.2, 0.25) is 0 Å². The summed E-state index contributed by atoms with van der Waals surface area (Å²) >= 11 is 0. The Hall–Kier alpha value is -3.40. The highest BCUT2D eigenvalue weighted by atomic mass is 16.5. The quantitative estimate of drug-likeness (QED) is 0.718. The van der Waals surface area contributed by atoms with Crippen LogP contribution in [0.4, 0.5) is 5.69 Å². The van der Waals surface area contributed by atoms with Gasteiger partial charge >= 0.3 is 5.97 Å². The van der Waals surface area contributed by atoms with Crippen LogP contribution in [0.1, 0.15) is 27.0 Å². The van der Waals surface area contributed by atoms with Crippen LogP contribution in [0.3, 0.4) is 0 Å². The number of carbonyl (C=O) groups is 2. The normalized spacial score (nSPS) is 15.6. The number of carbonyl (C=O) groups excluding carboxylic acids is 2. The molecule has 1 aliphatic rings. The van der Waals surface area contributed by atoms with E-state index in [-0.39, 0.29) is 5.91 Å². The Bertz CT molecular complexity index is 982. The number of esters is 1. The lowest BCUT2D eigenvalue weighted by atomic mass is 9.98. The molecule has 0 spiro atoms. The number of hydrogen-bond donors (Lipinski definition) is 1. The van der Waals surface area contributed by atoms with Crippen molar-refractivity contribution in [2.24, 2.45) is 0 Å². The molecule has 4 heteroatoms. The zero-order valence-corrected chi connectivity index (χ0v) is 14.7. The maximum Gasteiger partial charge on any atom is 0.339 e. The van der Waals surface area contributed by atoms with E-state index >= 15 is 0 Å². The molecule has 1 N–H and O–H groups in total. The van der Waals surface area contributed by atoms with Gasteiger partial charge in [0.15, 0.2) is 6.10 Å². The molecule has 0 saturated carbocycles. The van der Waals surface area contributed by atoms with E-state index in [4.69, 9.17) is 4.74 Å². The van der Waals surface area contributed by atoms with Crippen LogP contribution in [0.5, 0.6) is 0 Å². The van der Waals surface area contributed by atoms with E-state index in [9.17, 15) is 9.59 Å². The second-order valence-corrected chi connectivity index (χ2v) is 6.56. The number of nitrogens with one attached hydrogen (secondary N) is 1. The third-order valence-electron chi connectivity index (χ3n) is 4.70. The van der Waals surface area contributed by atoms with Crippen LogP contribution in [0.15, 0.2) is 78.9 Å². The number of cyclic esters (lactones) is 1. The predicted octanol–water partition coefficient (Wildman–Crippen LogP) is 4.00. The van der Waals surface area contributed by atoms with E-state index in [1.807, 2.05) is 54.6 Å². The Labute approximate surface area is 157 Å². The Morgan fingerprint density at radius 2 is 1.63 bits per heavy atom. The molecule has 27 heavy (non-hydrogen) atoms. The van der Waals surface area contributed by atoms with Crippen LogP contribution >= 0.6 is 0 Å². The second kappa shape index (κ2) is 7.46. The summed E-state index contributed by atoms with van der Waals surface area (Å²) in [5.74, 6) is -0.757. The summed E-state index contributed by atoms with van der Waals surface area (Å²) in [5.41, 5.74) is 4.29. The van der Waals surface area contributed by atoms with Gasteiger partial charge in [0.1, 0.15) is 0 Å². The zero-order chi connectivity index (χ0) is 18.6. The zero-order valence-electron chi connectivity index (χ0n) is 14.7. The number of ether oxygens (including phenoxy) is 1. The van der Waals surface area contributed by atoms with Crippen LogP contribution in [0, 0.1) is 0 Å². The topological polar surface area (TPSA) is 55.4 Å². The minimum absolute atomic E-state index is 0.307. The summed E-state index contributed by atoms with van der Waals surface area (Å²) in [6.07, 6.45) is 0.274. The molecule has 0 aromatic heterocycles. The van der Waals surface area contributed by atoms with Crippen molar-refractivity contribution in [3.8, 4) is 0 Å². The number of rotatable bonds is 4. The monoisotopic (exact) mass is 357 g/mol. The number of para-hydroxylation sites is 1. The number of benzene rings is 3. The SMILES string of the molecule is O=C1OC(C(=O)Nc2ccccc2Cc2ccccc2)Cc2ccccc21. The van der Waals surface area contributed by atoms with Crippen molar-refractivity contribution in [3.05, 3.63) is 101 Å². The Kier molecular flexibility index (Phi) is 4.71. The minimum Gasteiger partial charge on any atom is -0.448 e. The standard InChI is InChI=1S/C23H19NO3/c25-22(21-15-17-10-4-6-12-19(17)23(26)27-21)24-20-13-7-5-11-18(20)14-16-8-2-1-3-9-16/h1-13,21H,14-15H2,(H,24,25). The van der Waals surface area contributed by atoms with Crippen molar-refractivity contribution in [3.63, 3.8) is 0 Å². The van der Waals surface area contributed by atoms with E-state index in [1.165, 1.54) is 0 Å². The summed E-state index contributed by atoms with van der Waals surface area (Å²) in [4.78, 5) is 24.9. The van der Waals surface area contributed by atoms with Crippen LogP contribution in [-0.2, 0) is 22.4 Å². The molecular weight excluding hydrogens is 338 g/mol. The van der Waals surface area contributed by atoms with Gasteiger partial charge in [-0.1, -0.05) is 66.7 Å². The first kappa shape index (κ1) is 17.0. The molecule has 1 amide bonds. The second-order valence-electron chi connectivity index (χ2n) is 6.56. The Balaban J connectivity index is 1.52. The molecule has 4 rings (SSSR count). The number of hydrogen-bond acceptors (Lipinski definition) is 3. The summed E-state index contributed by atoms with van der Waals surface area (Å²) in [7, 11) is 0. The van der Waals surface area contributed by atoms with E-state index in [1.54, 1.807) is 12.1 Å². The van der Waals surface area contributed by atoms with Gasteiger partial charge in [-0.25, -0.2) is 4.79 Å². The Morgan fingerprint density at radius 3 is 2.48 bits per heavy atom. The number of fused-ring (bicyclic) bond motifs is 1. The van der Waals surface area contributed by atoms with E-state index in [2.05, 4.69) is 17.4 Å². The largest absolute Gasteiger partial charge is 0.448 e. The van der Waals surface area contributed by atoms with Crippen molar-refractivity contribution in [1.82, 2.24) is 0 Å². The van der Waals surface area contributed by atoms with Gasteiger partial charge in [0.05, 0.1) is 5.56 Å². The number of anilines is 1. The van der Waals surface area contributed by atoms with Crippen LogP contribution in [-0.4, -0.2) is 18.0 Å². The first-order valence-electron chi connectivity index (χ1n) is 8.92. The first-order valence-corrected chi connectivity index (χ1v) is 8.92. The fourth-order valence-electron chi connectivity index (χ4n) is 3.30. The molecule has 0 fully saturated rings. The summed E-state index contributed by atoms with van der Waals surface area (Å²) in [6.45, 7) is 0. The fraction of sp³-hybridized carbons (Fsp3) is 0.130. The van der Waals surface area contributed by atoms with Crippen LogP contribution < -0.4 is 5.32 Å². The lowest BCUT2D eigenvalue weighted by Crippen LogP contribution is -2.38. The van der Waals surface area contributed by atoms with Gasteiger partial charge in [-0.15, -0.1) is 0 Å². The summed E-state index contributed by atoms with van der Waals surface area (Å²) < 4.78 is 5.35. The molecule has 3 aromatic rings. The molecule has 134 valence electrons. The van der Waals surface area contributed by atoms with Gasteiger partial charge in [-0.3, -0.25) is 4.79 Å². The van der Waals surface area contributed by atoms with E-state index in [0.717, 1.165) is 22.4 Å². The average Bonchev–Trinajstić information content (AvgIpc) is 2.70. The third kappa shape index (κ3) is 3.75. The summed E-state index contributed by atoms with van der Waals surface area (Å²) in [5, 5.41) is 2.94. The van der Waals surface area contributed by atoms with Gasteiger partial charge in [-0.05, 0) is 35.2 Å². The molecule has 4 nitrogen and oxygen atoms in total. The maximum absolute atomic E-state index is 12.7. The van der Waals surface area contributed by atoms with Gasteiger partial charge in [-0.2, -0.15) is 0 Å². The molecule has 0 radical (unpaired) electrons. The van der Waals surface area contributed by atoms with Crippen LogP contribution in [0.25, 0.3) is 0 Å². The van der Waals surface area contributed by atoms with Gasteiger partial charge in [0.2, 0.25) is 0 Å². The summed E-state index contributed by atoms with van der Waals surface area (Å²) in [6, 6.07) is 25.0. The molecular formula is C23H19NO3. The maximum atomic E-state index is 12.7. The third-order valence-corrected chi connectivity index (χ3v) is 4.70. The van der Waals surface area contributed by atoms with Crippen molar-refractivity contribution < 1.29 is 14.3 Å². The first-order chi connectivity index (χ1) is 13.2. The smallest absolute Gasteiger partial charge is 0.339 e. The average molecular weight is 357 g/mol. The molecule has 3 aromatic carbocycles. The van der Waals surface area contributed by atoms with Crippen molar-refractivity contribution in [2.75, 3.05) is 5.32 Å². The molecule has 1 atom stereocenters. The number of amides is 1. The van der Waals surface area contributed by atoms with E-state index < -0.39 is 12.1 Å². The fourth-order valence-corrected chi connectivity index (χ4v) is 3.30. The van der Waals surface area contributed by atoms with Gasteiger partial charge in [0.25, 0.3) is 5.91 Å². The van der Waals surface area contributed by atoms with Crippen molar-refractivity contribution in [2.45, 2.75) is 18.9 Å². The van der Waals surface area contributed by atoms with Crippen molar-refractivity contribution >= 4 is 17.6 Å². The minimum atomic E-state index is -0.822. The highest BCUT2D eigenvalue weighted by Crippen LogP contribution is 2.23. The van der Waals surface area contributed by atoms with Crippen molar-refractivity contribution in [1.29, 1.82) is 0 Å². The molecule has 1 heterocycles. The van der Waals surface area contributed by atoms with Gasteiger partial charge in [0, 0.05) is 12.1 Å². The van der Waals surface area contributed by atoms with E-state index in [0.29, 0.717) is 18.4 Å². The molecule has 0 bridgehead atoms. The highest BCUT2D eigenvalue weighted by Gasteiger charge is 2.31.